The van der Waals surface area contributed by atoms with Crippen molar-refractivity contribution in [3.05, 3.63) is 17.7 Å². The van der Waals surface area contributed by atoms with Gasteiger partial charge in [0.25, 0.3) is 5.91 Å². The van der Waals surface area contributed by atoms with E-state index in [1.54, 1.807) is 26.2 Å². The average Bonchev–Trinajstić information content (AvgIpc) is 2.68. The summed E-state index contributed by atoms with van der Waals surface area (Å²) in [5.41, 5.74) is 0.354. The van der Waals surface area contributed by atoms with E-state index in [4.69, 9.17) is 23.7 Å². The highest BCUT2D eigenvalue weighted by molar-refractivity contribution is 5.96. The molecule has 0 fully saturated rings. The highest BCUT2D eigenvalue weighted by Crippen LogP contribution is 2.38. The van der Waals surface area contributed by atoms with E-state index in [0.29, 0.717) is 36.0 Å². The quantitative estimate of drug-likeness (QED) is 0.579. The molecule has 26 heavy (non-hydrogen) atoms. The summed E-state index contributed by atoms with van der Waals surface area (Å²) >= 11 is 0. The Hall–Kier alpha value is -2.48. The molecule has 1 amide bonds. The van der Waals surface area contributed by atoms with Crippen LogP contribution < -0.4 is 14.2 Å². The second-order valence-corrected chi connectivity index (χ2v) is 5.58. The summed E-state index contributed by atoms with van der Waals surface area (Å²) < 4.78 is 25.7. The molecule has 146 valence electrons. The van der Waals surface area contributed by atoms with Gasteiger partial charge in [0.2, 0.25) is 5.75 Å². The normalized spacial score (nSPS) is 11.5. The van der Waals surface area contributed by atoms with E-state index < -0.39 is 5.92 Å². The van der Waals surface area contributed by atoms with Crippen LogP contribution in [-0.4, -0.2) is 72.0 Å². The summed E-state index contributed by atoms with van der Waals surface area (Å²) in [5.74, 6) is 0.0220. The van der Waals surface area contributed by atoms with Gasteiger partial charge >= 0.3 is 5.97 Å². The third-order valence-electron chi connectivity index (χ3n) is 3.86. The molecular formula is C18H27NO7. The van der Waals surface area contributed by atoms with Crippen LogP contribution in [0.1, 0.15) is 17.3 Å². The van der Waals surface area contributed by atoms with E-state index in [0.717, 1.165) is 0 Å². The van der Waals surface area contributed by atoms with Crippen LogP contribution in [0, 0.1) is 5.92 Å². The van der Waals surface area contributed by atoms with Gasteiger partial charge in [-0.3, -0.25) is 9.59 Å². The Balaban J connectivity index is 3.18. The molecule has 0 heterocycles. The van der Waals surface area contributed by atoms with Crippen LogP contribution in [0.2, 0.25) is 0 Å². The van der Waals surface area contributed by atoms with Crippen molar-refractivity contribution in [2.75, 3.05) is 55.2 Å². The van der Waals surface area contributed by atoms with Crippen LogP contribution in [0.5, 0.6) is 17.2 Å². The Kier molecular flexibility index (Phi) is 8.71. The first-order valence-electron chi connectivity index (χ1n) is 8.09. The molecule has 0 radical (unpaired) electrons. The lowest BCUT2D eigenvalue weighted by atomic mass is 10.1. The number of hydrogen-bond acceptors (Lipinski definition) is 7. The molecule has 1 atom stereocenters. The zero-order valence-corrected chi connectivity index (χ0v) is 16.2. The molecule has 8 nitrogen and oxygen atoms in total. The minimum absolute atomic E-state index is 0.200. The molecule has 1 aromatic rings. The lowest BCUT2D eigenvalue weighted by Crippen LogP contribution is -2.39. The van der Waals surface area contributed by atoms with Crippen LogP contribution in [-0.2, 0) is 14.3 Å². The van der Waals surface area contributed by atoms with Gasteiger partial charge in [0.1, 0.15) is 0 Å². The SMILES string of the molecule is COCCN(CC(C)C(=O)OC)C(=O)c1cc(OC)c(OC)c(OC)c1. The largest absolute Gasteiger partial charge is 0.493 e. The van der Waals surface area contributed by atoms with Gasteiger partial charge in [-0.2, -0.15) is 0 Å². The summed E-state index contributed by atoms with van der Waals surface area (Å²) in [6.07, 6.45) is 0. The lowest BCUT2D eigenvalue weighted by molar-refractivity contribution is -0.145. The van der Waals surface area contributed by atoms with Crippen molar-refractivity contribution < 1.29 is 33.3 Å². The standard InChI is InChI=1S/C18H27NO7/c1-12(18(21)26-6)11-19(7-8-22-2)17(20)13-9-14(23-3)16(25-5)15(10-13)24-4/h9-10,12H,7-8,11H2,1-6H3. The Labute approximate surface area is 153 Å². The van der Waals surface area contributed by atoms with Gasteiger partial charge in [0.05, 0.1) is 41.0 Å². The summed E-state index contributed by atoms with van der Waals surface area (Å²) in [4.78, 5) is 26.2. The van der Waals surface area contributed by atoms with E-state index in [-0.39, 0.29) is 18.4 Å². The average molecular weight is 369 g/mol. The topological polar surface area (TPSA) is 83.5 Å². The molecule has 0 aliphatic heterocycles. The fraction of sp³-hybridized carbons (Fsp3) is 0.556. The molecule has 0 aromatic heterocycles. The number of amides is 1. The van der Waals surface area contributed by atoms with Crippen molar-refractivity contribution >= 4 is 11.9 Å². The number of esters is 1. The van der Waals surface area contributed by atoms with E-state index in [1.165, 1.54) is 33.3 Å². The highest BCUT2D eigenvalue weighted by Gasteiger charge is 2.24. The predicted octanol–water partition coefficient (Wildman–Crippen LogP) is 1.61. The Morgan fingerprint density at radius 2 is 1.58 bits per heavy atom. The first-order valence-corrected chi connectivity index (χ1v) is 8.09. The molecule has 0 aliphatic rings. The van der Waals surface area contributed by atoms with Crippen molar-refractivity contribution in [2.24, 2.45) is 5.92 Å². The lowest BCUT2D eigenvalue weighted by Gasteiger charge is -2.25. The van der Waals surface area contributed by atoms with Gasteiger partial charge in [-0.25, -0.2) is 0 Å². The van der Waals surface area contributed by atoms with Crippen LogP contribution in [0.25, 0.3) is 0 Å². The maximum absolute atomic E-state index is 13.0. The third kappa shape index (κ3) is 5.26. The third-order valence-corrected chi connectivity index (χ3v) is 3.86. The van der Waals surface area contributed by atoms with Crippen LogP contribution >= 0.6 is 0 Å². The maximum Gasteiger partial charge on any atom is 0.310 e. The van der Waals surface area contributed by atoms with E-state index in [9.17, 15) is 9.59 Å². The van der Waals surface area contributed by atoms with Crippen molar-refractivity contribution in [1.29, 1.82) is 0 Å². The second kappa shape index (κ2) is 10.5. The Bertz CT molecular complexity index is 593. The van der Waals surface area contributed by atoms with Crippen molar-refractivity contribution in [3.63, 3.8) is 0 Å². The van der Waals surface area contributed by atoms with Gasteiger partial charge in [0.15, 0.2) is 11.5 Å². The molecule has 0 N–H and O–H groups in total. The molecule has 0 spiro atoms. The first kappa shape index (κ1) is 21.6. The number of carbonyl (C=O) groups is 2. The van der Waals surface area contributed by atoms with Crippen molar-refractivity contribution in [1.82, 2.24) is 4.90 Å². The van der Waals surface area contributed by atoms with Crippen molar-refractivity contribution in [3.8, 4) is 17.2 Å². The summed E-state index contributed by atoms with van der Waals surface area (Å²) in [6, 6.07) is 3.15. The first-order chi connectivity index (χ1) is 12.4. The van der Waals surface area contributed by atoms with Crippen LogP contribution in [0.15, 0.2) is 12.1 Å². The minimum Gasteiger partial charge on any atom is -0.493 e. The zero-order chi connectivity index (χ0) is 19.7. The molecular weight excluding hydrogens is 342 g/mol. The number of carbonyl (C=O) groups excluding carboxylic acids is 2. The van der Waals surface area contributed by atoms with Gasteiger partial charge < -0.3 is 28.6 Å². The number of ether oxygens (including phenoxy) is 5. The zero-order valence-electron chi connectivity index (χ0n) is 16.2. The van der Waals surface area contributed by atoms with Gasteiger partial charge in [0, 0.05) is 25.8 Å². The number of hydrogen-bond donors (Lipinski definition) is 0. The molecule has 0 saturated carbocycles. The Morgan fingerprint density at radius 3 is 2.00 bits per heavy atom. The maximum atomic E-state index is 13.0. The number of rotatable bonds is 10. The van der Waals surface area contributed by atoms with Gasteiger partial charge in [-0.1, -0.05) is 6.92 Å². The van der Waals surface area contributed by atoms with E-state index >= 15 is 0 Å². The summed E-state index contributed by atoms with van der Waals surface area (Å²) in [7, 11) is 7.32. The second-order valence-electron chi connectivity index (χ2n) is 5.58. The summed E-state index contributed by atoms with van der Waals surface area (Å²) in [5, 5.41) is 0. The van der Waals surface area contributed by atoms with E-state index in [2.05, 4.69) is 0 Å². The predicted molar refractivity (Wildman–Crippen MR) is 95.1 cm³/mol. The molecule has 1 unspecified atom stereocenters. The number of benzene rings is 1. The Morgan fingerprint density at radius 1 is 1.00 bits per heavy atom. The molecule has 0 aliphatic carbocycles. The molecule has 0 bridgehead atoms. The molecule has 8 heteroatoms. The highest BCUT2D eigenvalue weighted by atomic mass is 16.5. The van der Waals surface area contributed by atoms with Crippen molar-refractivity contribution in [2.45, 2.75) is 6.92 Å². The molecule has 0 saturated heterocycles. The monoisotopic (exact) mass is 369 g/mol. The molecule has 1 rings (SSSR count). The molecule has 1 aromatic carbocycles. The fourth-order valence-electron chi connectivity index (χ4n) is 2.47. The number of nitrogens with zero attached hydrogens (tertiary/aromatic N) is 1. The summed E-state index contributed by atoms with van der Waals surface area (Å²) in [6.45, 7) is 2.57. The van der Waals surface area contributed by atoms with Crippen LogP contribution in [0.4, 0.5) is 0 Å². The van der Waals surface area contributed by atoms with E-state index in [1.807, 2.05) is 0 Å². The minimum atomic E-state index is -0.470. The smallest absolute Gasteiger partial charge is 0.310 e. The van der Waals surface area contributed by atoms with Crippen LogP contribution in [0.3, 0.4) is 0 Å². The van der Waals surface area contributed by atoms with Gasteiger partial charge in [-0.15, -0.1) is 0 Å². The number of methoxy groups -OCH3 is 5. The fourth-order valence-corrected chi connectivity index (χ4v) is 2.47. The van der Waals surface area contributed by atoms with Gasteiger partial charge in [-0.05, 0) is 12.1 Å².